The molecule has 0 aliphatic carbocycles. The summed E-state index contributed by atoms with van der Waals surface area (Å²) in [6.07, 6.45) is 2.31. The molecule has 17 heavy (non-hydrogen) atoms. The van der Waals surface area contributed by atoms with Crippen molar-refractivity contribution < 1.29 is 0 Å². The molecule has 0 unspecified atom stereocenters. The highest BCUT2D eigenvalue weighted by Crippen LogP contribution is 2.15. The van der Waals surface area contributed by atoms with Crippen molar-refractivity contribution in [2.75, 3.05) is 23.7 Å². The lowest BCUT2D eigenvalue weighted by atomic mass is 10.3. The second-order valence-corrected chi connectivity index (χ2v) is 3.81. The van der Waals surface area contributed by atoms with E-state index in [9.17, 15) is 0 Å². The zero-order valence-electron chi connectivity index (χ0n) is 10.5. The van der Waals surface area contributed by atoms with Crippen LogP contribution in [0.2, 0.25) is 0 Å². The first-order valence-electron chi connectivity index (χ1n) is 5.96. The third kappa shape index (κ3) is 3.91. The van der Waals surface area contributed by atoms with Crippen molar-refractivity contribution in [2.24, 2.45) is 0 Å². The maximum atomic E-state index is 8.62. The average molecular weight is 233 g/mol. The van der Waals surface area contributed by atoms with E-state index in [0.29, 0.717) is 18.8 Å². The molecule has 0 spiro atoms. The largest absolute Gasteiger partial charge is 0.384 e. The van der Waals surface area contributed by atoms with E-state index < -0.39 is 0 Å². The van der Waals surface area contributed by atoms with Gasteiger partial charge in [0.2, 0.25) is 0 Å². The number of hydrogen-bond donors (Lipinski definition) is 1. The molecule has 2 N–H and O–H groups in total. The molecule has 0 aliphatic rings. The predicted octanol–water partition coefficient (Wildman–Crippen LogP) is 1.75. The number of hydrogen-bond acceptors (Lipinski definition) is 5. The zero-order chi connectivity index (χ0) is 12.7. The lowest BCUT2D eigenvalue weighted by molar-refractivity contribution is 0.781. The number of nitrogen functional groups attached to an aromatic ring is 1. The third-order valence-electron chi connectivity index (χ3n) is 2.45. The zero-order valence-corrected chi connectivity index (χ0v) is 10.5. The Labute approximate surface area is 102 Å². The van der Waals surface area contributed by atoms with E-state index in [2.05, 4.69) is 23.0 Å². The first kappa shape index (κ1) is 13.2. The summed E-state index contributed by atoms with van der Waals surface area (Å²) in [5.74, 6) is 2.09. The highest BCUT2D eigenvalue weighted by molar-refractivity contribution is 5.47. The van der Waals surface area contributed by atoms with Gasteiger partial charge in [0.1, 0.15) is 17.5 Å². The van der Waals surface area contributed by atoms with Gasteiger partial charge < -0.3 is 10.6 Å². The number of nitriles is 1. The summed E-state index contributed by atoms with van der Waals surface area (Å²) in [6, 6.07) is 3.90. The smallest absolute Gasteiger partial charge is 0.134 e. The van der Waals surface area contributed by atoms with Crippen LogP contribution in [0, 0.1) is 11.3 Å². The van der Waals surface area contributed by atoms with Crippen LogP contribution < -0.4 is 10.6 Å². The summed E-state index contributed by atoms with van der Waals surface area (Å²) >= 11 is 0. The minimum atomic E-state index is 0.487. The number of nitrogens with two attached hydrogens (primary N) is 1. The molecule has 0 atom stereocenters. The van der Waals surface area contributed by atoms with E-state index in [4.69, 9.17) is 11.0 Å². The summed E-state index contributed by atoms with van der Waals surface area (Å²) in [5, 5.41) is 8.62. The quantitative estimate of drug-likeness (QED) is 0.809. The average Bonchev–Trinajstić information content (AvgIpc) is 2.30. The lowest BCUT2D eigenvalue weighted by Crippen LogP contribution is -2.25. The van der Waals surface area contributed by atoms with Crippen molar-refractivity contribution in [3.05, 3.63) is 11.9 Å². The van der Waals surface area contributed by atoms with E-state index in [-0.39, 0.29) is 0 Å². The van der Waals surface area contributed by atoms with Gasteiger partial charge in [0, 0.05) is 25.6 Å². The van der Waals surface area contributed by atoms with Crippen LogP contribution in [-0.4, -0.2) is 23.1 Å². The number of nitrogens with zero attached hydrogens (tertiary/aromatic N) is 4. The van der Waals surface area contributed by atoms with Crippen molar-refractivity contribution in [2.45, 2.75) is 33.1 Å². The topological polar surface area (TPSA) is 78.8 Å². The number of aromatic nitrogens is 2. The van der Waals surface area contributed by atoms with Crippen LogP contribution >= 0.6 is 0 Å². The fraction of sp³-hybridized carbons (Fsp3) is 0.583. The Morgan fingerprint density at radius 2 is 2.18 bits per heavy atom. The Kier molecular flexibility index (Phi) is 5.21. The van der Waals surface area contributed by atoms with Gasteiger partial charge in [-0.15, -0.1) is 0 Å². The summed E-state index contributed by atoms with van der Waals surface area (Å²) in [4.78, 5) is 10.7. The minimum absolute atomic E-state index is 0.487. The predicted molar refractivity (Wildman–Crippen MR) is 68.6 cm³/mol. The summed E-state index contributed by atoms with van der Waals surface area (Å²) in [5.41, 5.74) is 5.77. The van der Waals surface area contributed by atoms with Gasteiger partial charge >= 0.3 is 0 Å². The molecule has 0 aromatic carbocycles. The van der Waals surface area contributed by atoms with Crippen LogP contribution in [0.25, 0.3) is 0 Å². The van der Waals surface area contributed by atoms with Crippen LogP contribution in [0.5, 0.6) is 0 Å². The third-order valence-corrected chi connectivity index (χ3v) is 2.45. The molecule has 0 bridgehead atoms. The van der Waals surface area contributed by atoms with E-state index in [1.165, 1.54) is 0 Å². The molecule has 1 aromatic rings. The van der Waals surface area contributed by atoms with Gasteiger partial charge in [-0.3, -0.25) is 0 Å². The fourth-order valence-electron chi connectivity index (χ4n) is 1.62. The molecule has 1 rings (SSSR count). The van der Waals surface area contributed by atoms with Gasteiger partial charge in [0.25, 0.3) is 0 Å². The molecule has 5 heteroatoms. The molecule has 5 nitrogen and oxygen atoms in total. The van der Waals surface area contributed by atoms with Crippen molar-refractivity contribution in [1.82, 2.24) is 9.97 Å². The highest BCUT2D eigenvalue weighted by atomic mass is 15.2. The summed E-state index contributed by atoms with van der Waals surface area (Å²) in [7, 11) is 0. The Morgan fingerprint density at radius 1 is 1.41 bits per heavy atom. The van der Waals surface area contributed by atoms with Crippen LogP contribution in [0.1, 0.15) is 32.5 Å². The van der Waals surface area contributed by atoms with Crippen molar-refractivity contribution in [1.29, 1.82) is 5.26 Å². The van der Waals surface area contributed by atoms with Crippen LogP contribution in [-0.2, 0) is 6.42 Å². The lowest BCUT2D eigenvalue weighted by Gasteiger charge is -2.21. The maximum absolute atomic E-state index is 8.62. The first-order valence-corrected chi connectivity index (χ1v) is 5.96. The monoisotopic (exact) mass is 233 g/mol. The van der Waals surface area contributed by atoms with Crippen LogP contribution in [0.15, 0.2) is 6.07 Å². The summed E-state index contributed by atoms with van der Waals surface area (Å²) < 4.78 is 0. The van der Waals surface area contributed by atoms with Gasteiger partial charge in [-0.2, -0.15) is 5.26 Å². The minimum Gasteiger partial charge on any atom is -0.384 e. The molecule has 0 amide bonds. The molecular formula is C12H19N5. The normalized spacial score (nSPS) is 9.94. The Hall–Kier alpha value is -1.83. The van der Waals surface area contributed by atoms with Crippen LogP contribution in [0.3, 0.4) is 0 Å². The molecule has 1 aromatic heterocycles. The maximum Gasteiger partial charge on any atom is 0.134 e. The van der Waals surface area contributed by atoms with Gasteiger partial charge in [0.15, 0.2) is 0 Å². The second-order valence-electron chi connectivity index (χ2n) is 3.81. The van der Waals surface area contributed by atoms with E-state index >= 15 is 0 Å². The highest BCUT2D eigenvalue weighted by Gasteiger charge is 2.08. The SMILES string of the molecule is CCCc1nc(N)cc(N(CC)CCC#N)n1. The van der Waals surface area contributed by atoms with E-state index in [1.54, 1.807) is 6.07 Å². The van der Waals surface area contributed by atoms with Crippen molar-refractivity contribution in [3.63, 3.8) is 0 Å². The van der Waals surface area contributed by atoms with E-state index in [0.717, 1.165) is 31.0 Å². The number of aryl methyl sites for hydroxylation is 1. The van der Waals surface area contributed by atoms with Crippen LogP contribution in [0.4, 0.5) is 11.6 Å². The molecular weight excluding hydrogens is 214 g/mol. The number of anilines is 2. The van der Waals surface area contributed by atoms with Crippen molar-refractivity contribution in [3.8, 4) is 6.07 Å². The first-order chi connectivity index (χ1) is 8.21. The Balaban J connectivity index is 2.90. The second kappa shape index (κ2) is 6.69. The Bertz CT molecular complexity index is 396. The van der Waals surface area contributed by atoms with Gasteiger partial charge in [-0.1, -0.05) is 6.92 Å². The standard InChI is InChI=1S/C12H19N5/c1-3-6-11-15-10(14)9-12(16-11)17(4-2)8-5-7-13/h9H,3-6,8H2,1-2H3,(H2,14,15,16). The molecule has 1 heterocycles. The molecule has 0 aliphatic heterocycles. The number of rotatable bonds is 6. The van der Waals surface area contributed by atoms with Gasteiger partial charge in [0.05, 0.1) is 12.5 Å². The summed E-state index contributed by atoms with van der Waals surface area (Å²) in [6.45, 7) is 5.60. The van der Waals surface area contributed by atoms with Gasteiger partial charge in [-0.05, 0) is 13.3 Å². The fourth-order valence-corrected chi connectivity index (χ4v) is 1.62. The van der Waals surface area contributed by atoms with Crippen molar-refractivity contribution >= 4 is 11.6 Å². The van der Waals surface area contributed by atoms with E-state index in [1.807, 2.05) is 11.8 Å². The molecule has 92 valence electrons. The molecule has 0 saturated heterocycles. The molecule has 0 saturated carbocycles. The Morgan fingerprint density at radius 3 is 2.76 bits per heavy atom. The molecule has 0 radical (unpaired) electrons. The molecule has 0 fully saturated rings. The van der Waals surface area contributed by atoms with Gasteiger partial charge in [-0.25, -0.2) is 9.97 Å².